The van der Waals surface area contributed by atoms with Gasteiger partial charge >= 0.3 is 0 Å². The Morgan fingerprint density at radius 2 is 2.45 bits per heavy atom. The number of nitrogens with zero attached hydrogens (tertiary/aromatic N) is 1. The summed E-state index contributed by atoms with van der Waals surface area (Å²) in [5.41, 5.74) is 0.737. The quantitative estimate of drug-likeness (QED) is 0.476. The van der Waals surface area contributed by atoms with Crippen molar-refractivity contribution >= 4 is 33.0 Å². The first kappa shape index (κ1) is 8.74. The molecule has 60 valence electrons. The minimum Gasteiger partial charge on any atom is -0.411 e. The van der Waals surface area contributed by atoms with Crippen molar-refractivity contribution in [1.29, 1.82) is 0 Å². The van der Waals surface area contributed by atoms with Crippen molar-refractivity contribution in [3.8, 4) is 0 Å². The van der Waals surface area contributed by atoms with Crippen molar-refractivity contribution in [2.45, 2.75) is 13.3 Å². The van der Waals surface area contributed by atoms with Crippen LogP contribution in [0.4, 0.5) is 0 Å². The van der Waals surface area contributed by atoms with Crippen LogP contribution in [-0.2, 0) is 0 Å². The van der Waals surface area contributed by atoms with Crippen LogP contribution in [0.1, 0.15) is 18.2 Å². The van der Waals surface area contributed by atoms with Gasteiger partial charge < -0.3 is 5.21 Å². The molecule has 0 spiro atoms. The van der Waals surface area contributed by atoms with Crippen molar-refractivity contribution < 1.29 is 5.21 Å². The first-order valence-electron chi connectivity index (χ1n) is 3.24. The summed E-state index contributed by atoms with van der Waals surface area (Å²) < 4.78 is 1.06. The van der Waals surface area contributed by atoms with E-state index in [1.807, 2.05) is 19.1 Å². The van der Waals surface area contributed by atoms with Crippen LogP contribution in [0.3, 0.4) is 0 Å². The summed E-state index contributed by atoms with van der Waals surface area (Å²) in [6.45, 7) is 1.96. The Bertz CT molecular complexity index is 269. The lowest BCUT2D eigenvalue weighted by Crippen LogP contribution is -1.93. The monoisotopic (exact) mass is 233 g/mol. The van der Waals surface area contributed by atoms with E-state index in [4.69, 9.17) is 5.21 Å². The third-order valence-electron chi connectivity index (χ3n) is 1.31. The van der Waals surface area contributed by atoms with E-state index in [9.17, 15) is 0 Å². The van der Waals surface area contributed by atoms with Crippen LogP contribution in [0.5, 0.6) is 0 Å². The molecule has 0 amide bonds. The Kier molecular flexibility index (Phi) is 3.08. The standard InChI is InChI=1S/C7H8BrNOS/c1-2-5(9-10)6-3-4-7(8)11-6/h3-4,10H,2H2,1H3/b9-5+. The van der Waals surface area contributed by atoms with Crippen LogP contribution in [0.15, 0.2) is 21.1 Å². The van der Waals surface area contributed by atoms with E-state index in [-0.39, 0.29) is 0 Å². The second-order valence-electron chi connectivity index (χ2n) is 2.00. The van der Waals surface area contributed by atoms with Gasteiger partial charge in [0.15, 0.2) is 0 Å². The molecule has 1 heterocycles. The molecule has 0 aliphatic heterocycles. The lowest BCUT2D eigenvalue weighted by molar-refractivity contribution is 0.318. The van der Waals surface area contributed by atoms with Gasteiger partial charge in [-0.25, -0.2) is 0 Å². The Morgan fingerprint density at radius 3 is 2.82 bits per heavy atom. The average Bonchev–Trinajstić information content (AvgIpc) is 2.39. The number of thiophene rings is 1. The van der Waals surface area contributed by atoms with Gasteiger partial charge in [-0.2, -0.15) is 0 Å². The van der Waals surface area contributed by atoms with Crippen LogP contribution < -0.4 is 0 Å². The number of rotatable bonds is 2. The third-order valence-corrected chi connectivity index (χ3v) is 2.99. The summed E-state index contributed by atoms with van der Waals surface area (Å²) in [7, 11) is 0. The summed E-state index contributed by atoms with van der Waals surface area (Å²) in [6.07, 6.45) is 0.753. The van der Waals surface area contributed by atoms with Crippen molar-refractivity contribution in [3.63, 3.8) is 0 Å². The fraction of sp³-hybridized carbons (Fsp3) is 0.286. The van der Waals surface area contributed by atoms with Gasteiger partial charge in [-0.3, -0.25) is 0 Å². The lowest BCUT2D eigenvalue weighted by atomic mass is 10.2. The average molecular weight is 234 g/mol. The van der Waals surface area contributed by atoms with Crippen molar-refractivity contribution in [1.82, 2.24) is 0 Å². The summed E-state index contributed by atoms with van der Waals surface area (Å²) in [6, 6.07) is 3.88. The number of hydrogen-bond acceptors (Lipinski definition) is 3. The fourth-order valence-corrected chi connectivity index (χ4v) is 2.20. The maximum atomic E-state index is 8.57. The maximum Gasteiger partial charge on any atom is 0.0964 e. The van der Waals surface area contributed by atoms with Gasteiger partial charge in [-0.1, -0.05) is 12.1 Å². The van der Waals surface area contributed by atoms with E-state index < -0.39 is 0 Å². The molecule has 0 unspecified atom stereocenters. The summed E-state index contributed by atoms with van der Waals surface area (Å²) in [5, 5.41) is 11.8. The normalized spacial score (nSPS) is 12.0. The fourth-order valence-electron chi connectivity index (χ4n) is 0.764. The van der Waals surface area contributed by atoms with Gasteiger partial charge in [-0.05, 0) is 34.5 Å². The van der Waals surface area contributed by atoms with Crippen molar-refractivity contribution in [2.75, 3.05) is 0 Å². The molecule has 4 heteroatoms. The van der Waals surface area contributed by atoms with Crippen molar-refractivity contribution in [3.05, 3.63) is 20.8 Å². The molecule has 1 aromatic rings. The van der Waals surface area contributed by atoms with Gasteiger partial charge in [0.2, 0.25) is 0 Å². The van der Waals surface area contributed by atoms with E-state index in [0.29, 0.717) is 0 Å². The predicted molar refractivity (Wildman–Crippen MR) is 50.6 cm³/mol. The molecule has 0 saturated heterocycles. The molecule has 0 aromatic carbocycles. The Hall–Kier alpha value is -0.350. The second kappa shape index (κ2) is 3.88. The van der Waals surface area contributed by atoms with Crippen LogP contribution in [0.2, 0.25) is 0 Å². The van der Waals surface area contributed by atoms with E-state index in [1.54, 1.807) is 11.3 Å². The predicted octanol–water partition coefficient (Wildman–Crippen LogP) is 3.10. The van der Waals surface area contributed by atoms with Gasteiger partial charge in [-0.15, -0.1) is 11.3 Å². The van der Waals surface area contributed by atoms with E-state index in [0.717, 1.165) is 20.8 Å². The van der Waals surface area contributed by atoms with E-state index in [1.165, 1.54) is 0 Å². The van der Waals surface area contributed by atoms with Crippen LogP contribution in [-0.4, -0.2) is 10.9 Å². The van der Waals surface area contributed by atoms with Gasteiger partial charge in [0.05, 0.1) is 14.4 Å². The number of halogens is 1. The second-order valence-corrected chi connectivity index (χ2v) is 4.47. The SMILES string of the molecule is CC/C(=N\O)c1ccc(Br)s1. The zero-order valence-corrected chi connectivity index (χ0v) is 8.44. The van der Waals surface area contributed by atoms with Gasteiger partial charge in [0.1, 0.15) is 0 Å². The van der Waals surface area contributed by atoms with E-state index >= 15 is 0 Å². The highest BCUT2D eigenvalue weighted by Crippen LogP contribution is 2.23. The van der Waals surface area contributed by atoms with Gasteiger partial charge in [0.25, 0.3) is 0 Å². The minimum absolute atomic E-state index is 0.737. The van der Waals surface area contributed by atoms with Gasteiger partial charge in [0, 0.05) is 0 Å². The zero-order valence-electron chi connectivity index (χ0n) is 6.04. The molecule has 2 nitrogen and oxygen atoms in total. The molecule has 1 N–H and O–H groups in total. The summed E-state index contributed by atoms with van der Waals surface area (Å²) in [5.74, 6) is 0. The highest BCUT2D eigenvalue weighted by Gasteiger charge is 2.03. The number of oxime groups is 1. The Balaban J connectivity index is 2.91. The molecule has 0 atom stereocenters. The molecule has 0 bridgehead atoms. The van der Waals surface area contributed by atoms with Crippen molar-refractivity contribution in [2.24, 2.45) is 5.16 Å². The lowest BCUT2D eigenvalue weighted by Gasteiger charge is -1.93. The molecule has 0 saturated carbocycles. The molecule has 0 aliphatic rings. The van der Waals surface area contributed by atoms with Crippen LogP contribution in [0.25, 0.3) is 0 Å². The molecule has 0 fully saturated rings. The molecular weight excluding hydrogens is 226 g/mol. The van der Waals surface area contributed by atoms with E-state index in [2.05, 4.69) is 21.1 Å². The molecule has 0 radical (unpaired) electrons. The molecule has 1 rings (SSSR count). The highest BCUT2D eigenvalue weighted by atomic mass is 79.9. The molecule has 0 aliphatic carbocycles. The first-order chi connectivity index (χ1) is 5.27. The summed E-state index contributed by atoms with van der Waals surface area (Å²) in [4.78, 5) is 1.02. The molecule has 11 heavy (non-hydrogen) atoms. The summed E-state index contributed by atoms with van der Waals surface area (Å²) >= 11 is 4.91. The molecular formula is C7H8BrNOS. The minimum atomic E-state index is 0.737. The topological polar surface area (TPSA) is 32.6 Å². The Morgan fingerprint density at radius 1 is 1.73 bits per heavy atom. The number of hydrogen-bond donors (Lipinski definition) is 1. The maximum absolute atomic E-state index is 8.57. The van der Waals surface area contributed by atoms with Crippen LogP contribution >= 0.6 is 27.3 Å². The van der Waals surface area contributed by atoms with Crippen LogP contribution in [0, 0.1) is 0 Å². The largest absolute Gasteiger partial charge is 0.411 e. The highest BCUT2D eigenvalue weighted by molar-refractivity contribution is 9.11. The smallest absolute Gasteiger partial charge is 0.0964 e. The molecule has 1 aromatic heterocycles. The first-order valence-corrected chi connectivity index (χ1v) is 4.85. The zero-order chi connectivity index (χ0) is 8.27. The Labute approximate surface area is 77.7 Å². The third kappa shape index (κ3) is 2.04.